The van der Waals surface area contributed by atoms with Crippen molar-refractivity contribution in [2.45, 2.75) is 38.6 Å². The summed E-state index contributed by atoms with van der Waals surface area (Å²) in [4.78, 5) is 22.8. The van der Waals surface area contributed by atoms with Crippen molar-refractivity contribution >= 4 is 11.9 Å². The summed E-state index contributed by atoms with van der Waals surface area (Å²) in [6.07, 6.45) is 2.13. The molecule has 1 fully saturated rings. The number of amides is 1. The number of hydrogen-bond acceptors (Lipinski definition) is 4. The summed E-state index contributed by atoms with van der Waals surface area (Å²) < 4.78 is 4.93. The smallest absolute Gasteiger partial charge is 0.326 e. The number of hydrogen-bond donors (Lipinski definition) is 2. The first-order chi connectivity index (χ1) is 8.49. The van der Waals surface area contributed by atoms with E-state index in [0.29, 0.717) is 5.92 Å². The van der Waals surface area contributed by atoms with Gasteiger partial charge in [-0.15, -0.1) is 0 Å². The zero-order valence-corrected chi connectivity index (χ0v) is 10.3. The third kappa shape index (κ3) is 2.69. The lowest BCUT2D eigenvalue weighted by Crippen LogP contribution is -2.44. The molecule has 0 aliphatic heterocycles. The Morgan fingerprint density at radius 1 is 1.50 bits per heavy atom. The van der Waals surface area contributed by atoms with Gasteiger partial charge in [0, 0.05) is 12.0 Å². The molecule has 0 aromatic carbocycles. The number of carbonyl (C=O) groups is 2. The highest BCUT2D eigenvalue weighted by Gasteiger charge is 2.30. The first-order valence-corrected chi connectivity index (χ1v) is 5.99. The molecule has 1 amide bonds. The van der Waals surface area contributed by atoms with Crippen LogP contribution in [0.4, 0.5) is 0 Å². The third-order valence-electron chi connectivity index (χ3n) is 2.97. The van der Waals surface area contributed by atoms with Gasteiger partial charge in [0.2, 0.25) is 5.76 Å². The number of nitrogens with one attached hydrogen (secondary N) is 1. The Hall–Kier alpha value is -1.85. The standard InChI is InChI=1S/C12H16N2O4/c1-6(2)10(12(16)17)13-11(15)9-5-8(14-18-9)7-3-4-7/h5-7,10H,3-4H2,1-2H3,(H,13,15)(H,16,17)/t10-/m1/s1. The topological polar surface area (TPSA) is 92.4 Å². The van der Waals surface area contributed by atoms with E-state index < -0.39 is 17.9 Å². The molecule has 1 aliphatic carbocycles. The van der Waals surface area contributed by atoms with Crippen molar-refractivity contribution in [2.24, 2.45) is 5.92 Å². The van der Waals surface area contributed by atoms with Gasteiger partial charge in [0.1, 0.15) is 6.04 Å². The maximum atomic E-state index is 11.8. The lowest BCUT2D eigenvalue weighted by atomic mass is 10.0. The summed E-state index contributed by atoms with van der Waals surface area (Å²) in [5, 5.41) is 15.2. The number of rotatable bonds is 5. The first kappa shape index (κ1) is 12.6. The van der Waals surface area contributed by atoms with Crippen molar-refractivity contribution in [1.82, 2.24) is 10.5 Å². The van der Waals surface area contributed by atoms with Gasteiger partial charge in [-0.2, -0.15) is 0 Å². The van der Waals surface area contributed by atoms with Crippen LogP contribution in [0, 0.1) is 5.92 Å². The van der Waals surface area contributed by atoms with Crippen molar-refractivity contribution in [2.75, 3.05) is 0 Å². The van der Waals surface area contributed by atoms with Crippen LogP contribution in [-0.4, -0.2) is 28.2 Å². The van der Waals surface area contributed by atoms with Gasteiger partial charge in [-0.1, -0.05) is 19.0 Å². The first-order valence-electron chi connectivity index (χ1n) is 5.99. The molecule has 0 saturated heterocycles. The molecule has 0 bridgehead atoms. The van der Waals surface area contributed by atoms with Gasteiger partial charge in [0.05, 0.1) is 5.69 Å². The summed E-state index contributed by atoms with van der Waals surface area (Å²) in [5.41, 5.74) is 0.775. The van der Waals surface area contributed by atoms with E-state index in [0.717, 1.165) is 18.5 Å². The second kappa shape index (κ2) is 4.80. The normalized spacial score (nSPS) is 16.6. The molecule has 6 heteroatoms. The molecule has 1 heterocycles. The van der Waals surface area contributed by atoms with Gasteiger partial charge in [-0.3, -0.25) is 4.79 Å². The van der Waals surface area contributed by atoms with E-state index in [1.54, 1.807) is 19.9 Å². The maximum absolute atomic E-state index is 11.8. The highest BCUT2D eigenvalue weighted by molar-refractivity contribution is 5.94. The number of carboxylic acid groups (broad SMARTS) is 1. The van der Waals surface area contributed by atoms with Crippen molar-refractivity contribution in [3.8, 4) is 0 Å². The van der Waals surface area contributed by atoms with Gasteiger partial charge in [0.15, 0.2) is 0 Å². The summed E-state index contributed by atoms with van der Waals surface area (Å²) in [6, 6.07) is 0.665. The average molecular weight is 252 g/mol. The summed E-state index contributed by atoms with van der Waals surface area (Å²) in [5.74, 6) is -1.31. The molecule has 18 heavy (non-hydrogen) atoms. The molecule has 1 aromatic heterocycles. The fourth-order valence-corrected chi connectivity index (χ4v) is 1.69. The number of carbonyl (C=O) groups excluding carboxylic acids is 1. The highest BCUT2D eigenvalue weighted by Crippen LogP contribution is 2.39. The molecule has 98 valence electrons. The molecule has 1 saturated carbocycles. The van der Waals surface area contributed by atoms with E-state index in [1.165, 1.54) is 0 Å². The maximum Gasteiger partial charge on any atom is 0.326 e. The molecule has 1 aromatic rings. The molecular formula is C12H16N2O4. The van der Waals surface area contributed by atoms with E-state index in [2.05, 4.69) is 10.5 Å². The van der Waals surface area contributed by atoms with E-state index in [4.69, 9.17) is 9.63 Å². The molecule has 0 spiro atoms. The molecule has 2 rings (SSSR count). The Bertz CT molecular complexity index is 462. The van der Waals surface area contributed by atoms with Gasteiger partial charge in [-0.25, -0.2) is 4.79 Å². The Kier molecular flexibility index (Phi) is 3.36. The van der Waals surface area contributed by atoms with Crippen LogP contribution >= 0.6 is 0 Å². The fraction of sp³-hybridized carbons (Fsp3) is 0.583. The minimum Gasteiger partial charge on any atom is -0.480 e. The van der Waals surface area contributed by atoms with Crippen LogP contribution in [-0.2, 0) is 4.79 Å². The molecule has 6 nitrogen and oxygen atoms in total. The van der Waals surface area contributed by atoms with E-state index in [-0.39, 0.29) is 11.7 Å². The minimum absolute atomic E-state index is 0.0730. The zero-order chi connectivity index (χ0) is 13.3. The van der Waals surface area contributed by atoms with Crippen LogP contribution in [0.15, 0.2) is 10.6 Å². The number of nitrogens with zero attached hydrogens (tertiary/aromatic N) is 1. The van der Waals surface area contributed by atoms with E-state index >= 15 is 0 Å². The van der Waals surface area contributed by atoms with E-state index in [9.17, 15) is 9.59 Å². The van der Waals surface area contributed by atoms with Crippen molar-refractivity contribution in [3.05, 3.63) is 17.5 Å². The molecule has 0 radical (unpaired) electrons. The third-order valence-corrected chi connectivity index (χ3v) is 2.97. The minimum atomic E-state index is -1.06. The van der Waals surface area contributed by atoms with Crippen molar-refractivity contribution in [1.29, 1.82) is 0 Å². The monoisotopic (exact) mass is 252 g/mol. The molecular weight excluding hydrogens is 236 g/mol. The SMILES string of the molecule is CC(C)[C@@H](NC(=O)c1cc(C2CC2)no1)C(=O)O. The van der Waals surface area contributed by atoms with Gasteiger partial charge in [-0.05, 0) is 18.8 Å². The summed E-state index contributed by atoms with van der Waals surface area (Å²) in [6.45, 7) is 3.46. The zero-order valence-electron chi connectivity index (χ0n) is 10.3. The second-order valence-corrected chi connectivity index (χ2v) is 4.92. The Balaban J connectivity index is 2.03. The highest BCUT2D eigenvalue weighted by atomic mass is 16.5. The van der Waals surface area contributed by atoms with Crippen molar-refractivity contribution < 1.29 is 19.2 Å². The Morgan fingerprint density at radius 2 is 2.17 bits per heavy atom. The lowest BCUT2D eigenvalue weighted by molar-refractivity contribution is -0.140. The predicted octanol–water partition coefficient (Wildman–Crippen LogP) is 1.39. The van der Waals surface area contributed by atoms with Crippen LogP contribution in [0.25, 0.3) is 0 Å². The van der Waals surface area contributed by atoms with Gasteiger partial charge >= 0.3 is 5.97 Å². The predicted molar refractivity (Wildman–Crippen MR) is 62.2 cm³/mol. The van der Waals surface area contributed by atoms with Crippen LogP contribution in [0.2, 0.25) is 0 Å². The number of carboxylic acids is 1. The van der Waals surface area contributed by atoms with Gasteiger partial charge < -0.3 is 14.9 Å². The van der Waals surface area contributed by atoms with Gasteiger partial charge in [0.25, 0.3) is 5.91 Å². The van der Waals surface area contributed by atoms with Crippen LogP contribution in [0.5, 0.6) is 0 Å². The van der Waals surface area contributed by atoms with E-state index in [1.807, 2.05) is 0 Å². The van der Waals surface area contributed by atoms with Crippen LogP contribution in [0.1, 0.15) is 48.9 Å². The second-order valence-electron chi connectivity index (χ2n) is 4.92. The fourth-order valence-electron chi connectivity index (χ4n) is 1.69. The summed E-state index contributed by atoms with van der Waals surface area (Å²) in [7, 11) is 0. The summed E-state index contributed by atoms with van der Waals surface area (Å²) >= 11 is 0. The van der Waals surface area contributed by atoms with Crippen LogP contribution in [0.3, 0.4) is 0 Å². The molecule has 1 aliphatic rings. The van der Waals surface area contributed by atoms with Crippen LogP contribution < -0.4 is 5.32 Å². The average Bonchev–Trinajstić information content (AvgIpc) is 3.03. The quantitative estimate of drug-likeness (QED) is 0.826. The lowest BCUT2D eigenvalue weighted by Gasteiger charge is -2.16. The Labute approximate surface area is 104 Å². The number of aromatic nitrogens is 1. The molecule has 2 N–H and O–H groups in total. The molecule has 1 atom stereocenters. The Morgan fingerprint density at radius 3 is 2.67 bits per heavy atom. The van der Waals surface area contributed by atoms with Crippen molar-refractivity contribution in [3.63, 3.8) is 0 Å². The largest absolute Gasteiger partial charge is 0.480 e. The number of aliphatic carboxylic acids is 1. The molecule has 0 unspecified atom stereocenters.